The molecule has 0 radical (unpaired) electrons. The molecule has 0 heterocycles. The van der Waals surface area contributed by atoms with Crippen LogP contribution in [0.5, 0.6) is 0 Å². The van der Waals surface area contributed by atoms with E-state index in [1.165, 1.54) is 24.3 Å². The van der Waals surface area contributed by atoms with Crippen LogP contribution in [0.1, 0.15) is 24.2 Å². The van der Waals surface area contributed by atoms with Crippen LogP contribution in [0.15, 0.2) is 24.3 Å². The lowest BCUT2D eigenvalue weighted by atomic mass is 9.99. The van der Waals surface area contributed by atoms with Crippen LogP contribution >= 0.6 is 11.6 Å². The van der Waals surface area contributed by atoms with Gasteiger partial charge in [0, 0.05) is 17.7 Å². The molecule has 102 valence electrons. The van der Waals surface area contributed by atoms with E-state index in [2.05, 4.69) is 5.32 Å². The van der Waals surface area contributed by atoms with Gasteiger partial charge in [-0.2, -0.15) is 0 Å². The minimum absolute atomic E-state index is 0.104. The van der Waals surface area contributed by atoms with Crippen molar-refractivity contribution in [1.82, 2.24) is 5.32 Å². The predicted octanol–water partition coefficient (Wildman–Crippen LogP) is 1.91. The summed E-state index contributed by atoms with van der Waals surface area (Å²) >= 11 is 5.45. The van der Waals surface area contributed by atoms with E-state index in [0.29, 0.717) is 0 Å². The van der Waals surface area contributed by atoms with Crippen molar-refractivity contribution in [2.45, 2.75) is 19.4 Å². The maximum atomic E-state index is 11.9. The van der Waals surface area contributed by atoms with Gasteiger partial charge in [-0.05, 0) is 26.0 Å². The van der Waals surface area contributed by atoms with E-state index in [-0.39, 0.29) is 22.9 Å². The minimum atomic E-state index is -1.08. The van der Waals surface area contributed by atoms with Gasteiger partial charge in [-0.15, -0.1) is 11.6 Å². The lowest BCUT2D eigenvalue weighted by molar-refractivity contribution is -0.384. The Morgan fingerprint density at radius 2 is 1.84 bits per heavy atom. The number of halogens is 1. The van der Waals surface area contributed by atoms with Crippen molar-refractivity contribution in [2.24, 2.45) is 0 Å². The number of ketones is 1. The van der Waals surface area contributed by atoms with Gasteiger partial charge in [0.1, 0.15) is 0 Å². The molecule has 6 nitrogen and oxygen atoms in total. The number of carbonyl (C=O) groups excluding carboxylic acids is 2. The minimum Gasteiger partial charge on any atom is -0.340 e. The Kier molecular flexibility index (Phi) is 4.61. The molecule has 0 aliphatic carbocycles. The highest BCUT2D eigenvalue weighted by Gasteiger charge is 2.28. The van der Waals surface area contributed by atoms with Crippen LogP contribution in [0.4, 0.5) is 5.69 Å². The summed E-state index contributed by atoms with van der Waals surface area (Å²) in [7, 11) is 0. The fraction of sp³-hybridized carbons (Fsp3) is 0.333. The van der Waals surface area contributed by atoms with E-state index in [9.17, 15) is 19.7 Å². The normalized spacial score (nSPS) is 10.9. The summed E-state index contributed by atoms with van der Waals surface area (Å²) in [5, 5.41) is 13.0. The number of nitrogens with zero attached hydrogens (tertiary/aromatic N) is 1. The number of hydrogen-bond acceptors (Lipinski definition) is 4. The molecule has 1 rings (SSSR count). The molecule has 7 heteroatoms. The molecular weight excluding hydrogens is 272 g/mol. The highest BCUT2D eigenvalue weighted by Crippen LogP contribution is 2.13. The number of nitro benzene ring substituents is 1. The Morgan fingerprint density at radius 1 is 1.32 bits per heavy atom. The summed E-state index contributed by atoms with van der Waals surface area (Å²) in [6.45, 7) is 3.09. The summed E-state index contributed by atoms with van der Waals surface area (Å²) in [6.07, 6.45) is 0. The molecule has 0 saturated carbocycles. The van der Waals surface area contributed by atoms with Crippen LogP contribution in [-0.2, 0) is 4.79 Å². The Balaban J connectivity index is 2.84. The maximum Gasteiger partial charge on any atom is 0.269 e. The van der Waals surface area contributed by atoms with Crippen LogP contribution < -0.4 is 5.32 Å². The molecule has 0 aliphatic rings. The number of benzene rings is 1. The van der Waals surface area contributed by atoms with Gasteiger partial charge in [-0.1, -0.05) is 0 Å². The molecule has 0 bridgehead atoms. The average Bonchev–Trinajstić information content (AvgIpc) is 2.37. The molecular formula is C12H13ClN2O4. The van der Waals surface area contributed by atoms with Crippen molar-refractivity contribution in [3.8, 4) is 0 Å². The third kappa shape index (κ3) is 3.75. The third-order valence-electron chi connectivity index (χ3n) is 2.58. The first-order valence-electron chi connectivity index (χ1n) is 5.44. The number of Topliss-reactive ketones (excluding diaryl/α,β-unsaturated/α-hetero) is 1. The molecule has 0 unspecified atom stereocenters. The van der Waals surface area contributed by atoms with E-state index in [1.54, 1.807) is 13.8 Å². The number of non-ortho nitro benzene ring substituents is 1. The largest absolute Gasteiger partial charge is 0.340 e. The van der Waals surface area contributed by atoms with Gasteiger partial charge in [-0.3, -0.25) is 19.7 Å². The second kappa shape index (κ2) is 5.79. The van der Waals surface area contributed by atoms with Gasteiger partial charge in [0.15, 0.2) is 5.78 Å². The van der Waals surface area contributed by atoms with Crippen LogP contribution in [0, 0.1) is 10.1 Å². The number of carbonyl (C=O) groups is 2. The van der Waals surface area contributed by atoms with Crippen LogP contribution in [0.3, 0.4) is 0 Å². The van der Waals surface area contributed by atoms with Crippen molar-refractivity contribution < 1.29 is 14.5 Å². The molecule has 0 saturated heterocycles. The summed E-state index contributed by atoms with van der Waals surface area (Å²) in [6, 6.07) is 5.11. The number of nitrogens with one attached hydrogen (secondary N) is 1. The van der Waals surface area contributed by atoms with Crippen molar-refractivity contribution in [1.29, 1.82) is 0 Å². The Labute approximate surface area is 114 Å². The summed E-state index contributed by atoms with van der Waals surface area (Å²) in [4.78, 5) is 33.3. The molecule has 0 aliphatic heterocycles. The summed E-state index contributed by atoms with van der Waals surface area (Å²) in [5.41, 5.74) is -0.950. The van der Waals surface area contributed by atoms with Gasteiger partial charge >= 0.3 is 0 Å². The van der Waals surface area contributed by atoms with E-state index in [1.807, 2.05) is 0 Å². The molecule has 1 aromatic rings. The first-order chi connectivity index (χ1) is 8.77. The summed E-state index contributed by atoms with van der Waals surface area (Å²) < 4.78 is 0. The zero-order valence-corrected chi connectivity index (χ0v) is 11.2. The molecule has 0 spiro atoms. The average molecular weight is 285 g/mol. The zero-order valence-electron chi connectivity index (χ0n) is 10.5. The highest BCUT2D eigenvalue weighted by atomic mass is 35.5. The smallest absolute Gasteiger partial charge is 0.269 e. The second-order valence-electron chi connectivity index (χ2n) is 4.44. The van der Waals surface area contributed by atoms with Gasteiger partial charge in [0.05, 0.1) is 16.3 Å². The number of amides is 1. The zero-order chi connectivity index (χ0) is 14.6. The standard InChI is InChI=1S/C12H13ClN2O4/c1-12(2,10(16)7-13)14-11(17)8-3-5-9(6-4-8)15(18)19/h3-6H,7H2,1-2H3,(H,14,17). The first-order valence-corrected chi connectivity index (χ1v) is 5.97. The quantitative estimate of drug-likeness (QED) is 0.508. The molecule has 0 aromatic heterocycles. The van der Waals surface area contributed by atoms with E-state index in [4.69, 9.17) is 11.6 Å². The number of hydrogen-bond donors (Lipinski definition) is 1. The fourth-order valence-corrected chi connectivity index (χ4v) is 1.66. The van der Waals surface area contributed by atoms with Gasteiger partial charge in [0.2, 0.25) is 0 Å². The predicted molar refractivity (Wildman–Crippen MR) is 70.4 cm³/mol. The van der Waals surface area contributed by atoms with Crippen molar-refractivity contribution >= 4 is 29.0 Å². The lowest BCUT2D eigenvalue weighted by Crippen LogP contribution is -2.50. The number of alkyl halides is 1. The molecule has 0 fully saturated rings. The SMILES string of the molecule is CC(C)(NC(=O)c1ccc([N+](=O)[O-])cc1)C(=O)CCl. The second-order valence-corrected chi connectivity index (χ2v) is 4.71. The van der Waals surface area contributed by atoms with Gasteiger partial charge in [0.25, 0.3) is 11.6 Å². The highest BCUT2D eigenvalue weighted by molar-refractivity contribution is 6.29. The van der Waals surface area contributed by atoms with Crippen molar-refractivity contribution in [2.75, 3.05) is 5.88 Å². The Hall–Kier alpha value is -1.95. The molecule has 1 amide bonds. The number of rotatable bonds is 5. The van der Waals surface area contributed by atoms with E-state index < -0.39 is 16.4 Å². The lowest BCUT2D eigenvalue weighted by Gasteiger charge is -2.23. The summed E-state index contributed by atoms with van der Waals surface area (Å²) in [5.74, 6) is -1.00. The molecule has 0 atom stereocenters. The Morgan fingerprint density at radius 3 is 2.26 bits per heavy atom. The topological polar surface area (TPSA) is 89.3 Å². The molecule has 19 heavy (non-hydrogen) atoms. The first kappa shape index (κ1) is 15.1. The van der Waals surface area contributed by atoms with Gasteiger partial charge < -0.3 is 5.32 Å². The van der Waals surface area contributed by atoms with Crippen LogP contribution in [0.2, 0.25) is 0 Å². The fourth-order valence-electron chi connectivity index (χ4n) is 1.33. The van der Waals surface area contributed by atoms with Crippen LogP contribution in [-0.4, -0.2) is 28.0 Å². The van der Waals surface area contributed by atoms with E-state index in [0.717, 1.165) is 0 Å². The third-order valence-corrected chi connectivity index (χ3v) is 2.83. The monoisotopic (exact) mass is 284 g/mol. The Bertz CT molecular complexity index is 511. The van der Waals surface area contributed by atoms with Crippen molar-refractivity contribution in [3.63, 3.8) is 0 Å². The molecule has 1 aromatic carbocycles. The number of nitro groups is 1. The molecule has 1 N–H and O–H groups in total. The van der Waals surface area contributed by atoms with Gasteiger partial charge in [-0.25, -0.2) is 0 Å². The van der Waals surface area contributed by atoms with E-state index >= 15 is 0 Å². The van der Waals surface area contributed by atoms with Crippen LogP contribution in [0.25, 0.3) is 0 Å². The maximum absolute atomic E-state index is 11.9. The van der Waals surface area contributed by atoms with Crippen molar-refractivity contribution in [3.05, 3.63) is 39.9 Å².